The van der Waals surface area contributed by atoms with Crippen molar-refractivity contribution < 1.29 is 4.74 Å². The van der Waals surface area contributed by atoms with Crippen LogP contribution < -0.4 is 0 Å². The molecule has 0 saturated heterocycles. The maximum absolute atomic E-state index is 6.15. The lowest BCUT2D eigenvalue weighted by Crippen LogP contribution is -2.04. The minimum absolute atomic E-state index is 0.111. The van der Waals surface area contributed by atoms with Gasteiger partial charge in [0, 0.05) is 18.8 Å². The van der Waals surface area contributed by atoms with Gasteiger partial charge in [-0.3, -0.25) is 9.25 Å². The highest BCUT2D eigenvalue weighted by molar-refractivity contribution is 7.15. The molecule has 1 atom stereocenters. The number of aryl methyl sites for hydroxylation is 2. The number of nitrogens with zero attached hydrogens (tertiary/aromatic N) is 5. The SMILES string of the molecule is Cc1nnc2n1-c1sc(C#Cc3cnn(C)c3)c(Cc3ccccc3)c1CO[C@H]2C. The van der Waals surface area contributed by atoms with E-state index in [0.717, 1.165) is 33.5 Å². The van der Waals surface area contributed by atoms with Crippen LogP contribution in [0, 0.1) is 18.8 Å². The molecule has 0 spiro atoms. The Hall–Kier alpha value is -3.21. The van der Waals surface area contributed by atoms with Gasteiger partial charge in [-0.15, -0.1) is 21.5 Å². The lowest BCUT2D eigenvalue weighted by Gasteiger charge is -2.09. The fraction of sp³-hybridized carbons (Fsp3) is 0.261. The molecule has 150 valence electrons. The van der Waals surface area contributed by atoms with Crippen LogP contribution in [0.3, 0.4) is 0 Å². The van der Waals surface area contributed by atoms with Gasteiger partial charge in [0.2, 0.25) is 0 Å². The highest BCUT2D eigenvalue weighted by Crippen LogP contribution is 2.39. The summed E-state index contributed by atoms with van der Waals surface area (Å²) in [5, 5.41) is 14.0. The number of aromatic nitrogens is 5. The fourth-order valence-corrected chi connectivity index (χ4v) is 4.93. The van der Waals surface area contributed by atoms with Gasteiger partial charge < -0.3 is 4.74 Å². The first-order valence-corrected chi connectivity index (χ1v) is 10.6. The molecule has 0 fully saturated rings. The highest BCUT2D eigenvalue weighted by atomic mass is 32.1. The van der Waals surface area contributed by atoms with Crippen LogP contribution in [0.5, 0.6) is 0 Å². The summed E-state index contributed by atoms with van der Waals surface area (Å²) >= 11 is 1.69. The Bertz CT molecular complexity index is 1270. The van der Waals surface area contributed by atoms with Gasteiger partial charge in [0.25, 0.3) is 0 Å². The van der Waals surface area contributed by atoms with Crippen molar-refractivity contribution in [2.45, 2.75) is 33.0 Å². The van der Waals surface area contributed by atoms with E-state index in [0.29, 0.717) is 6.61 Å². The van der Waals surface area contributed by atoms with Gasteiger partial charge in [-0.2, -0.15) is 5.10 Å². The maximum Gasteiger partial charge on any atom is 0.167 e. The van der Waals surface area contributed by atoms with E-state index in [1.165, 1.54) is 16.7 Å². The molecular formula is C23H21N5OS. The molecule has 4 heterocycles. The predicted molar refractivity (Wildman–Crippen MR) is 116 cm³/mol. The summed E-state index contributed by atoms with van der Waals surface area (Å²) < 4.78 is 10.0. The van der Waals surface area contributed by atoms with E-state index in [4.69, 9.17) is 4.74 Å². The largest absolute Gasteiger partial charge is 0.366 e. The molecular weight excluding hydrogens is 394 g/mol. The number of hydrogen-bond acceptors (Lipinski definition) is 5. The van der Waals surface area contributed by atoms with Gasteiger partial charge in [0.1, 0.15) is 16.9 Å². The highest BCUT2D eigenvalue weighted by Gasteiger charge is 2.28. The van der Waals surface area contributed by atoms with Crippen molar-refractivity contribution in [3.05, 3.63) is 81.5 Å². The van der Waals surface area contributed by atoms with E-state index >= 15 is 0 Å². The molecule has 1 aliphatic heterocycles. The maximum atomic E-state index is 6.15. The summed E-state index contributed by atoms with van der Waals surface area (Å²) in [6.07, 6.45) is 4.41. The van der Waals surface area contributed by atoms with Gasteiger partial charge in [0.05, 0.1) is 23.2 Å². The van der Waals surface area contributed by atoms with Crippen molar-refractivity contribution in [2.24, 2.45) is 7.05 Å². The number of ether oxygens (including phenoxy) is 1. The minimum atomic E-state index is -0.111. The van der Waals surface area contributed by atoms with Crippen LogP contribution in [0.1, 0.15) is 51.8 Å². The zero-order chi connectivity index (χ0) is 20.7. The van der Waals surface area contributed by atoms with Gasteiger partial charge in [0.15, 0.2) is 5.82 Å². The second-order valence-electron chi connectivity index (χ2n) is 7.40. The molecule has 5 rings (SSSR count). The Morgan fingerprint density at radius 1 is 1.20 bits per heavy atom. The van der Waals surface area contributed by atoms with Crippen molar-refractivity contribution in [1.82, 2.24) is 24.5 Å². The molecule has 0 bridgehead atoms. The zero-order valence-corrected chi connectivity index (χ0v) is 17.9. The Morgan fingerprint density at radius 2 is 2.03 bits per heavy atom. The second-order valence-corrected chi connectivity index (χ2v) is 8.40. The fourth-order valence-electron chi connectivity index (χ4n) is 3.69. The third-order valence-electron chi connectivity index (χ3n) is 5.24. The lowest BCUT2D eigenvalue weighted by molar-refractivity contribution is 0.0493. The quantitative estimate of drug-likeness (QED) is 0.465. The summed E-state index contributed by atoms with van der Waals surface area (Å²) in [7, 11) is 1.90. The molecule has 6 nitrogen and oxygen atoms in total. The first-order chi connectivity index (χ1) is 14.6. The number of rotatable bonds is 2. The molecule has 0 amide bonds. The molecule has 0 unspecified atom stereocenters. The van der Waals surface area contributed by atoms with E-state index in [1.54, 1.807) is 22.2 Å². The number of hydrogen-bond donors (Lipinski definition) is 0. The van der Waals surface area contributed by atoms with Gasteiger partial charge >= 0.3 is 0 Å². The molecule has 0 aliphatic carbocycles. The molecule has 7 heteroatoms. The molecule has 3 aromatic heterocycles. The van der Waals surface area contributed by atoms with Crippen molar-refractivity contribution in [1.29, 1.82) is 0 Å². The van der Waals surface area contributed by atoms with E-state index in [-0.39, 0.29) is 6.10 Å². The molecule has 1 aromatic carbocycles. The van der Waals surface area contributed by atoms with E-state index in [2.05, 4.69) is 56.0 Å². The first-order valence-electron chi connectivity index (χ1n) is 9.83. The molecule has 4 aromatic rings. The Morgan fingerprint density at radius 3 is 2.80 bits per heavy atom. The monoisotopic (exact) mass is 415 g/mol. The summed E-state index contributed by atoms with van der Waals surface area (Å²) in [5.41, 5.74) is 4.54. The van der Waals surface area contributed by atoms with E-state index < -0.39 is 0 Å². The summed E-state index contributed by atoms with van der Waals surface area (Å²) in [5.74, 6) is 8.37. The topological polar surface area (TPSA) is 57.8 Å². The summed E-state index contributed by atoms with van der Waals surface area (Å²) in [6, 6.07) is 10.5. The van der Waals surface area contributed by atoms with Crippen molar-refractivity contribution >= 4 is 11.3 Å². The van der Waals surface area contributed by atoms with Crippen LogP contribution in [0.2, 0.25) is 0 Å². The van der Waals surface area contributed by atoms with Crippen molar-refractivity contribution in [3.63, 3.8) is 0 Å². The van der Waals surface area contributed by atoms with Crippen LogP contribution in [-0.4, -0.2) is 24.5 Å². The number of benzene rings is 1. The van der Waals surface area contributed by atoms with Crippen LogP contribution >= 0.6 is 11.3 Å². The number of fused-ring (bicyclic) bond motifs is 3. The number of thiophene rings is 1. The first kappa shape index (κ1) is 18.8. The van der Waals surface area contributed by atoms with E-state index in [9.17, 15) is 0 Å². The summed E-state index contributed by atoms with van der Waals surface area (Å²) in [6.45, 7) is 4.54. The normalized spacial score (nSPS) is 15.1. The van der Waals surface area contributed by atoms with Gasteiger partial charge in [-0.1, -0.05) is 42.2 Å². The smallest absolute Gasteiger partial charge is 0.167 e. The average Bonchev–Trinajstić information content (AvgIpc) is 3.40. The Labute approximate surface area is 179 Å². The molecule has 0 saturated carbocycles. The van der Waals surface area contributed by atoms with Crippen LogP contribution in [0.4, 0.5) is 0 Å². The zero-order valence-electron chi connectivity index (χ0n) is 17.1. The molecule has 30 heavy (non-hydrogen) atoms. The minimum Gasteiger partial charge on any atom is -0.366 e. The van der Waals surface area contributed by atoms with Gasteiger partial charge in [-0.25, -0.2) is 0 Å². The van der Waals surface area contributed by atoms with E-state index in [1.807, 2.05) is 33.2 Å². The molecule has 0 N–H and O–H groups in total. The van der Waals surface area contributed by atoms with Crippen molar-refractivity contribution in [3.8, 4) is 16.8 Å². The lowest BCUT2D eigenvalue weighted by atomic mass is 10.0. The molecule has 0 radical (unpaired) electrons. The third-order valence-corrected chi connectivity index (χ3v) is 6.41. The van der Waals surface area contributed by atoms with Gasteiger partial charge in [-0.05, 0) is 31.4 Å². The average molecular weight is 416 g/mol. The Balaban J connectivity index is 1.67. The molecule has 1 aliphatic rings. The Kier molecular flexibility index (Phi) is 4.74. The third kappa shape index (κ3) is 3.34. The van der Waals surface area contributed by atoms with Crippen LogP contribution in [0.15, 0.2) is 42.7 Å². The van der Waals surface area contributed by atoms with Crippen LogP contribution in [-0.2, 0) is 24.8 Å². The standard InChI is InChI=1S/C23H21N5OS/c1-15-22-26-25-16(2)28(22)23-20(14-29-15)19(11-17-7-5-4-6-8-17)21(30-23)10-9-18-12-24-27(3)13-18/h4-8,12-13,15H,11,14H2,1-3H3/t15-/m0/s1. The van der Waals surface area contributed by atoms with Crippen LogP contribution in [0.25, 0.3) is 5.00 Å². The second kappa shape index (κ2) is 7.56. The predicted octanol–water partition coefficient (Wildman–Crippen LogP) is 3.95. The van der Waals surface area contributed by atoms with Crippen molar-refractivity contribution in [2.75, 3.05) is 0 Å². The summed E-state index contributed by atoms with van der Waals surface area (Å²) in [4.78, 5) is 1.05.